The van der Waals surface area contributed by atoms with Crippen LogP contribution in [0.1, 0.15) is 17.7 Å². The first-order valence-corrected chi connectivity index (χ1v) is 8.65. The third kappa shape index (κ3) is 3.03. The number of para-hydroxylation sites is 1. The molecule has 0 radical (unpaired) electrons. The van der Waals surface area contributed by atoms with E-state index in [1.165, 1.54) is 0 Å². The molecule has 2 aromatic heterocycles. The lowest BCUT2D eigenvalue weighted by molar-refractivity contribution is -0.128. The fourth-order valence-electron chi connectivity index (χ4n) is 2.69. The number of carbonyl (C=O) groups excluding carboxylic acids is 1. The molecule has 7 heteroatoms. The van der Waals surface area contributed by atoms with Gasteiger partial charge in [0.1, 0.15) is 16.4 Å². The van der Waals surface area contributed by atoms with Gasteiger partial charge in [-0.2, -0.15) is 0 Å². The normalized spacial score (nSPS) is 16.2. The zero-order valence-electron chi connectivity index (χ0n) is 12.9. The predicted octanol–water partition coefficient (Wildman–Crippen LogP) is 2.34. The van der Waals surface area contributed by atoms with Gasteiger partial charge in [0, 0.05) is 0 Å². The second-order valence-electron chi connectivity index (χ2n) is 5.58. The Bertz CT molecular complexity index is 844. The largest absolute Gasteiger partial charge is 0.480 e. The van der Waals surface area contributed by atoms with E-state index in [0.29, 0.717) is 18.7 Å². The zero-order valence-corrected chi connectivity index (χ0v) is 13.7. The maximum atomic E-state index is 12.3. The van der Waals surface area contributed by atoms with E-state index in [4.69, 9.17) is 4.74 Å². The summed E-state index contributed by atoms with van der Waals surface area (Å²) in [5.41, 5.74) is 1.87. The van der Waals surface area contributed by atoms with Crippen LogP contribution in [0.4, 0.5) is 0 Å². The summed E-state index contributed by atoms with van der Waals surface area (Å²) in [7, 11) is 0. The smallest absolute Gasteiger partial charge is 0.261 e. The van der Waals surface area contributed by atoms with Crippen molar-refractivity contribution in [2.24, 2.45) is 0 Å². The van der Waals surface area contributed by atoms with Crippen LogP contribution in [0.3, 0.4) is 0 Å². The molecule has 24 heavy (non-hydrogen) atoms. The molecule has 1 aliphatic rings. The van der Waals surface area contributed by atoms with E-state index in [0.717, 1.165) is 22.7 Å². The first-order valence-electron chi connectivity index (χ1n) is 7.77. The summed E-state index contributed by atoms with van der Waals surface area (Å²) < 4.78 is 7.50. The maximum Gasteiger partial charge on any atom is 0.261 e. The molecule has 1 aliphatic heterocycles. The standard InChI is InChI=1S/C17H16N4O2S/c22-17(15-8-7-12-4-1-2-5-14(12)23-15)18-10-13-11-21(20-19-13)16-6-3-9-24-16/h1-6,9,11,15H,7-8,10H2,(H,18,22)/t15-/m1/s1. The fraction of sp³-hybridized carbons (Fsp3) is 0.235. The monoisotopic (exact) mass is 340 g/mol. The zero-order chi connectivity index (χ0) is 16.4. The Labute approximate surface area is 143 Å². The molecule has 0 bridgehead atoms. The van der Waals surface area contributed by atoms with Crippen molar-refractivity contribution >= 4 is 17.2 Å². The molecule has 6 nitrogen and oxygen atoms in total. The average molecular weight is 340 g/mol. The van der Waals surface area contributed by atoms with Crippen LogP contribution in [0.15, 0.2) is 48.0 Å². The molecular formula is C17H16N4O2S. The van der Waals surface area contributed by atoms with Gasteiger partial charge in [-0.1, -0.05) is 23.4 Å². The number of nitrogens with one attached hydrogen (secondary N) is 1. The van der Waals surface area contributed by atoms with Crippen molar-refractivity contribution in [3.05, 3.63) is 59.2 Å². The van der Waals surface area contributed by atoms with Crippen molar-refractivity contribution in [3.8, 4) is 10.8 Å². The van der Waals surface area contributed by atoms with Crippen molar-refractivity contribution in [1.29, 1.82) is 0 Å². The van der Waals surface area contributed by atoms with Crippen LogP contribution in [0.25, 0.3) is 5.00 Å². The predicted molar refractivity (Wildman–Crippen MR) is 90.3 cm³/mol. The van der Waals surface area contributed by atoms with E-state index in [9.17, 15) is 4.79 Å². The van der Waals surface area contributed by atoms with E-state index < -0.39 is 6.10 Å². The van der Waals surface area contributed by atoms with Crippen LogP contribution < -0.4 is 10.1 Å². The molecule has 122 valence electrons. The minimum absolute atomic E-state index is 0.116. The quantitative estimate of drug-likeness (QED) is 0.791. The minimum atomic E-state index is -0.452. The number of thiophene rings is 1. The van der Waals surface area contributed by atoms with Gasteiger partial charge < -0.3 is 10.1 Å². The van der Waals surface area contributed by atoms with Crippen molar-refractivity contribution in [2.75, 3.05) is 0 Å². The fourth-order valence-corrected chi connectivity index (χ4v) is 3.34. The Kier molecular flexibility index (Phi) is 4.00. The summed E-state index contributed by atoms with van der Waals surface area (Å²) in [6.07, 6.45) is 2.91. The number of aromatic nitrogens is 3. The summed E-state index contributed by atoms with van der Waals surface area (Å²) in [6.45, 7) is 0.339. The highest BCUT2D eigenvalue weighted by Gasteiger charge is 2.25. The number of carbonyl (C=O) groups is 1. The number of amides is 1. The van der Waals surface area contributed by atoms with Gasteiger partial charge in [-0.15, -0.1) is 16.4 Å². The highest BCUT2D eigenvalue weighted by molar-refractivity contribution is 7.12. The lowest BCUT2D eigenvalue weighted by atomic mass is 10.0. The summed E-state index contributed by atoms with van der Waals surface area (Å²) in [6, 6.07) is 11.8. The molecule has 1 aromatic carbocycles. The van der Waals surface area contributed by atoms with E-state index in [1.807, 2.05) is 48.0 Å². The average Bonchev–Trinajstić information content (AvgIpc) is 3.30. The topological polar surface area (TPSA) is 69.0 Å². The van der Waals surface area contributed by atoms with E-state index >= 15 is 0 Å². The number of hydrogen-bond acceptors (Lipinski definition) is 5. The van der Waals surface area contributed by atoms with Gasteiger partial charge in [0.2, 0.25) is 0 Å². The molecule has 1 N–H and O–H groups in total. The van der Waals surface area contributed by atoms with E-state index in [-0.39, 0.29) is 5.91 Å². The van der Waals surface area contributed by atoms with Crippen LogP contribution in [-0.2, 0) is 17.8 Å². The number of aryl methyl sites for hydroxylation is 1. The minimum Gasteiger partial charge on any atom is -0.480 e. The molecule has 1 atom stereocenters. The Balaban J connectivity index is 1.36. The van der Waals surface area contributed by atoms with Gasteiger partial charge >= 0.3 is 0 Å². The van der Waals surface area contributed by atoms with Crippen LogP contribution >= 0.6 is 11.3 Å². The van der Waals surface area contributed by atoms with Gasteiger partial charge in [-0.3, -0.25) is 4.79 Å². The second-order valence-corrected chi connectivity index (χ2v) is 6.50. The number of ether oxygens (including phenoxy) is 1. The van der Waals surface area contributed by atoms with Gasteiger partial charge in [0.05, 0.1) is 12.7 Å². The molecule has 0 saturated heterocycles. The van der Waals surface area contributed by atoms with Gasteiger partial charge in [-0.05, 0) is 42.0 Å². The van der Waals surface area contributed by atoms with E-state index in [1.54, 1.807) is 16.0 Å². The number of benzene rings is 1. The lowest BCUT2D eigenvalue weighted by Crippen LogP contribution is -2.40. The van der Waals surface area contributed by atoms with Crippen molar-refractivity contribution in [1.82, 2.24) is 20.3 Å². The number of nitrogens with zero attached hydrogens (tertiary/aromatic N) is 3. The molecule has 4 rings (SSSR count). The van der Waals surface area contributed by atoms with Gasteiger partial charge in [-0.25, -0.2) is 4.68 Å². The van der Waals surface area contributed by atoms with Crippen molar-refractivity contribution < 1.29 is 9.53 Å². The van der Waals surface area contributed by atoms with Crippen molar-refractivity contribution in [3.63, 3.8) is 0 Å². The Morgan fingerprint density at radius 3 is 3.12 bits per heavy atom. The highest BCUT2D eigenvalue weighted by Crippen LogP contribution is 2.27. The lowest BCUT2D eigenvalue weighted by Gasteiger charge is -2.25. The summed E-state index contributed by atoms with van der Waals surface area (Å²) in [5.74, 6) is 0.683. The molecule has 0 fully saturated rings. The summed E-state index contributed by atoms with van der Waals surface area (Å²) in [4.78, 5) is 12.3. The van der Waals surface area contributed by atoms with Crippen LogP contribution in [0.2, 0.25) is 0 Å². The van der Waals surface area contributed by atoms with E-state index in [2.05, 4.69) is 15.6 Å². The third-order valence-corrected chi connectivity index (χ3v) is 4.78. The second kappa shape index (κ2) is 6.45. The third-order valence-electron chi connectivity index (χ3n) is 3.93. The maximum absolute atomic E-state index is 12.3. The first kappa shape index (κ1) is 14.9. The molecule has 0 spiro atoms. The van der Waals surface area contributed by atoms with Crippen LogP contribution in [0, 0.1) is 0 Å². The Hall–Kier alpha value is -2.67. The van der Waals surface area contributed by atoms with Crippen molar-refractivity contribution in [2.45, 2.75) is 25.5 Å². The molecule has 3 aromatic rings. The summed E-state index contributed by atoms with van der Waals surface area (Å²) >= 11 is 1.58. The van der Waals surface area contributed by atoms with Crippen LogP contribution in [0.5, 0.6) is 5.75 Å². The number of fused-ring (bicyclic) bond motifs is 1. The molecule has 0 saturated carbocycles. The molecule has 1 amide bonds. The number of rotatable bonds is 4. The molecule has 3 heterocycles. The van der Waals surface area contributed by atoms with Crippen LogP contribution in [-0.4, -0.2) is 27.0 Å². The van der Waals surface area contributed by atoms with Gasteiger partial charge in [0.25, 0.3) is 5.91 Å². The Morgan fingerprint density at radius 2 is 2.25 bits per heavy atom. The molecule has 0 aliphatic carbocycles. The highest BCUT2D eigenvalue weighted by atomic mass is 32.1. The summed E-state index contributed by atoms with van der Waals surface area (Å²) in [5, 5.41) is 14.0. The van der Waals surface area contributed by atoms with Gasteiger partial charge in [0.15, 0.2) is 6.10 Å². The first-order chi connectivity index (χ1) is 11.8. The Morgan fingerprint density at radius 1 is 1.33 bits per heavy atom. The SMILES string of the molecule is O=C(NCc1cn(-c2cccs2)nn1)[C@H]1CCc2ccccc2O1. The molecular weight excluding hydrogens is 324 g/mol. The molecule has 0 unspecified atom stereocenters. The number of hydrogen-bond donors (Lipinski definition) is 1.